The lowest BCUT2D eigenvalue weighted by Crippen LogP contribution is -2.49. The summed E-state index contributed by atoms with van der Waals surface area (Å²) in [6, 6.07) is 0. The van der Waals surface area contributed by atoms with E-state index in [0.717, 1.165) is 0 Å². The highest BCUT2D eigenvalue weighted by Crippen LogP contribution is 2.53. The number of carbonyl (C=O) groups is 1. The Labute approximate surface area is 118 Å². The molecule has 1 saturated heterocycles. The van der Waals surface area contributed by atoms with Gasteiger partial charge in [0, 0.05) is 5.92 Å². The van der Waals surface area contributed by atoms with E-state index < -0.39 is 29.3 Å². The second kappa shape index (κ2) is 4.06. The molecule has 7 atom stereocenters. The van der Waals surface area contributed by atoms with Crippen LogP contribution >= 0.6 is 0 Å². The number of aliphatic hydroxyl groups is 3. The topological polar surface area (TPSA) is 87.0 Å². The Hall–Kier alpha value is -0.910. The summed E-state index contributed by atoms with van der Waals surface area (Å²) >= 11 is 0. The summed E-state index contributed by atoms with van der Waals surface area (Å²) < 4.78 is 5.49. The molecule has 3 aliphatic rings. The van der Waals surface area contributed by atoms with Crippen LogP contribution in [0.5, 0.6) is 0 Å². The van der Waals surface area contributed by atoms with Crippen molar-refractivity contribution in [1.29, 1.82) is 0 Å². The maximum Gasteiger partial charge on any atom is 0.309 e. The first-order valence-corrected chi connectivity index (χ1v) is 7.22. The van der Waals surface area contributed by atoms with E-state index in [1.54, 1.807) is 13.8 Å². The molecule has 2 fully saturated rings. The first-order chi connectivity index (χ1) is 9.16. The number of hydrogen-bond acceptors (Lipinski definition) is 5. The molecule has 1 aliphatic heterocycles. The van der Waals surface area contributed by atoms with Gasteiger partial charge in [-0.05, 0) is 32.3 Å². The molecule has 1 unspecified atom stereocenters. The van der Waals surface area contributed by atoms with Crippen LogP contribution in [-0.4, -0.2) is 44.7 Å². The molecule has 1 heterocycles. The standard InChI is InChI=1S/C15H22O5/c1-7-8-4-5-14(2,18)9-6-10(16)15(3,19)11(9)12(8)20-13(7)17/h6-8,10-12,16,18-19H,4-5H2,1-3H3/t7-,8?,10+,11-,12-,14-,15+/m0/s1. The summed E-state index contributed by atoms with van der Waals surface area (Å²) in [4.78, 5) is 11.8. The van der Waals surface area contributed by atoms with Gasteiger partial charge in [0.25, 0.3) is 0 Å². The molecule has 1 saturated carbocycles. The monoisotopic (exact) mass is 282 g/mol. The second-order valence-corrected chi connectivity index (χ2v) is 6.94. The van der Waals surface area contributed by atoms with Gasteiger partial charge in [-0.15, -0.1) is 0 Å². The first kappa shape index (κ1) is 14.0. The molecule has 0 radical (unpaired) electrons. The van der Waals surface area contributed by atoms with Crippen LogP contribution in [0.1, 0.15) is 33.6 Å². The van der Waals surface area contributed by atoms with Gasteiger partial charge in [0.2, 0.25) is 0 Å². The van der Waals surface area contributed by atoms with Crippen molar-refractivity contribution in [3.8, 4) is 0 Å². The maximum absolute atomic E-state index is 11.8. The van der Waals surface area contributed by atoms with E-state index >= 15 is 0 Å². The molecular formula is C15H22O5. The Morgan fingerprint density at radius 1 is 1.35 bits per heavy atom. The molecule has 0 aromatic rings. The highest BCUT2D eigenvalue weighted by atomic mass is 16.6. The number of rotatable bonds is 0. The Balaban J connectivity index is 2.08. The molecule has 0 spiro atoms. The van der Waals surface area contributed by atoms with Crippen LogP contribution in [-0.2, 0) is 9.53 Å². The van der Waals surface area contributed by atoms with Crippen molar-refractivity contribution >= 4 is 5.97 Å². The fourth-order valence-electron chi connectivity index (χ4n) is 4.08. The molecule has 112 valence electrons. The van der Waals surface area contributed by atoms with Gasteiger partial charge in [-0.2, -0.15) is 0 Å². The van der Waals surface area contributed by atoms with E-state index in [-0.39, 0.29) is 17.8 Å². The quantitative estimate of drug-likeness (QED) is 0.441. The maximum atomic E-state index is 11.8. The van der Waals surface area contributed by atoms with Gasteiger partial charge in [-0.1, -0.05) is 13.0 Å². The molecule has 5 heteroatoms. The summed E-state index contributed by atoms with van der Waals surface area (Å²) in [5.74, 6) is -1.06. The van der Waals surface area contributed by atoms with Crippen molar-refractivity contribution in [3.63, 3.8) is 0 Å². The Morgan fingerprint density at radius 2 is 2.00 bits per heavy atom. The third-order valence-corrected chi connectivity index (χ3v) is 5.50. The minimum atomic E-state index is -1.42. The minimum Gasteiger partial charge on any atom is -0.461 e. The SMILES string of the molecule is C[C@@H]1C(=O)O[C@H]2C1CC[C@](C)(O)C1=C[C@@H](O)[C@@](C)(O)[C@@H]12. The van der Waals surface area contributed by atoms with E-state index in [1.807, 2.05) is 6.92 Å². The molecule has 0 aromatic carbocycles. The van der Waals surface area contributed by atoms with Gasteiger partial charge in [-0.3, -0.25) is 4.79 Å². The zero-order chi connectivity index (χ0) is 14.9. The summed E-state index contributed by atoms with van der Waals surface area (Å²) in [5.41, 5.74) is -1.90. The molecule has 3 N–H and O–H groups in total. The number of aliphatic hydroxyl groups excluding tert-OH is 1. The average Bonchev–Trinajstić information content (AvgIpc) is 2.69. The molecule has 3 rings (SSSR count). The van der Waals surface area contributed by atoms with Crippen molar-refractivity contribution in [3.05, 3.63) is 11.6 Å². The molecular weight excluding hydrogens is 260 g/mol. The lowest BCUT2D eigenvalue weighted by Gasteiger charge is -2.36. The molecule has 20 heavy (non-hydrogen) atoms. The largest absolute Gasteiger partial charge is 0.461 e. The predicted molar refractivity (Wildman–Crippen MR) is 70.6 cm³/mol. The van der Waals surface area contributed by atoms with Gasteiger partial charge in [0.15, 0.2) is 0 Å². The summed E-state index contributed by atoms with van der Waals surface area (Å²) in [7, 11) is 0. The molecule has 0 aromatic heterocycles. The van der Waals surface area contributed by atoms with Crippen LogP contribution in [0.4, 0.5) is 0 Å². The zero-order valence-corrected chi connectivity index (χ0v) is 12.0. The fraction of sp³-hybridized carbons (Fsp3) is 0.800. The molecule has 0 bridgehead atoms. The van der Waals surface area contributed by atoms with Gasteiger partial charge in [0.05, 0.1) is 17.4 Å². The summed E-state index contributed by atoms with van der Waals surface area (Å²) in [6.45, 7) is 5.07. The zero-order valence-electron chi connectivity index (χ0n) is 12.0. The van der Waals surface area contributed by atoms with E-state index in [0.29, 0.717) is 18.4 Å². The fourth-order valence-corrected chi connectivity index (χ4v) is 4.08. The van der Waals surface area contributed by atoms with Crippen LogP contribution in [0.3, 0.4) is 0 Å². The van der Waals surface area contributed by atoms with E-state index in [4.69, 9.17) is 4.74 Å². The van der Waals surface area contributed by atoms with Gasteiger partial charge < -0.3 is 20.1 Å². The highest BCUT2D eigenvalue weighted by molar-refractivity contribution is 5.75. The van der Waals surface area contributed by atoms with E-state index in [2.05, 4.69) is 0 Å². The van der Waals surface area contributed by atoms with Crippen molar-refractivity contribution < 1.29 is 24.9 Å². The smallest absolute Gasteiger partial charge is 0.309 e. The van der Waals surface area contributed by atoms with Crippen molar-refractivity contribution in [2.75, 3.05) is 0 Å². The number of carbonyl (C=O) groups excluding carboxylic acids is 1. The van der Waals surface area contributed by atoms with Crippen molar-refractivity contribution in [2.45, 2.75) is 57.0 Å². The number of hydrogen-bond donors (Lipinski definition) is 3. The first-order valence-electron chi connectivity index (χ1n) is 7.22. The second-order valence-electron chi connectivity index (χ2n) is 6.94. The van der Waals surface area contributed by atoms with Crippen molar-refractivity contribution in [2.24, 2.45) is 17.8 Å². The number of ether oxygens (including phenoxy) is 1. The van der Waals surface area contributed by atoms with E-state index in [9.17, 15) is 20.1 Å². The lowest BCUT2D eigenvalue weighted by molar-refractivity contribution is -0.151. The van der Waals surface area contributed by atoms with Gasteiger partial charge in [0.1, 0.15) is 17.8 Å². The Morgan fingerprint density at radius 3 is 2.65 bits per heavy atom. The Bertz CT molecular complexity index is 479. The van der Waals surface area contributed by atoms with Crippen LogP contribution in [0.2, 0.25) is 0 Å². The minimum absolute atomic E-state index is 0.0263. The summed E-state index contributed by atoms with van der Waals surface area (Å²) in [6.07, 6.45) is 1.18. The molecule has 2 aliphatic carbocycles. The number of fused-ring (bicyclic) bond motifs is 3. The van der Waals surface area contributed by atoms with Crippen LogP contribution < -0.4 is 0 Å². The normalized spacial score (nSPS) is 54.8. The van der Waals surface area contributed by atoms with Gasteiger partial charge >= 0.3 is 5.97 Å². The molecule has 0 amide bonds. The average molecular weight is 282 g/mol. The molecule has 5 nitrogen and oxygen atoms in total. The van der Waals surface area contributed by atoms with E-state index in [1.165, 1.54) is 6.08 Å². The van der Waals surface area contributed by atoms with Crippen LogP contribution in [0, 0.1) is 17.8 Å². The van der Waals surface area contributed by atoms with Gasteiger partial charge in [-0.25, -0.2) is 0 Å². The number of esters is 1. The predicted octanol–water partition coefficient (Wildman–Crippen LogP) is 0.377. The third-order valence-electron chi connectivity index (χ3n) is 5.50. The lowest BCUT2D eigenvalue weighted by atomic mass is 9.75. The van der Waals surface area contributed by atoms with Crippen LogP contribution in [0.15, 0.2) is 11.6 Å². The van der Waals surface area contributed by atoms with Crippen molar-refractivity contribution in [1.82, 2.24) is 0 Å². The third kappa shape index (κ3) is 1.70. The summed E-state index contributed by atoms with van der Waals surface area (Å²) in [5, 5.41) is 31.4. The Kier molecular flexibility index (Phi) is 2.85. The highest BCUT2D eigenvalue weighted by Gasteiger charge is 2.60. The van der Waals surface area contributed by atoms with Crippen LogP contribution in [0.25, 0.3) is 0 Å².